The maximum atomic E-state index is 13.2. The van der Waals surface area contributed by atoms with Crippen molar-refractivity contribution >= 4 is 0 Å². The van der Waals surface area contributed by atoms with Crippen LogP contribution in [-0.2, 0) is 11.2 Å². The summed E-state index contributed by atoms with van der Waals surface area (Å²) >= 11 is 0. The second-order valence-corrected chi connectivity index (χ2v) is 6.73. The number of hydrogen-bond donors (Lipinski definition) is 1. The number of halogens is 1. The Kier molecular flexibility index (Phi) is 5.55. The fourth-order valence-electron chi connectivity index (χ4n) is 3.42. The second kappa shape index (κ2) is 8.41. The van der Waals surface area contributed by atoms with Gasteiger partial charge >= 0.3 is 0 Å². The van der Waals surface area contributed by atoms with Gasteiger partial charge in [-0.3, -0.25) is 9.88 Å². The molecular weight excluding hydrogens is 343 g/mol. The SMILES string of the molecule is Fc1ccc(-c2[nH]cnc2-c2ccnc(CCCN3CCOCC3)c2)cc1. The van der Waals surface area contributed by atoms with E-state index in [4.69, 9.17) is 4.74 Å². The van der Waals surface area contributed by atoms with Gasteiger partial charge in [0.2, 0.25) is 0 Å². The summed E-state index contributed by atoms with van der Waals surface area (Å²) in [5.74, 6) is -0.244. The van der Waals surface area contributed by atoms with Crippen molar-refractivity contribution in [1.82, 2.24) is 19.9 Å². The minimum atomic E-state index is -0.244. The lowest BCUT2D eigenvalue weighted by atomic mass is 10.0. The number of rotatable bonds is 6. The number of aromatic nitrogens is 3. The predicted molar refractivity (Wildman–Crippen MR) is 103 cm³/mol. The molecule has 140 valence electrons. The van der Waals surface area contributed by atoms with Crippen molar-refractivity contribution in [3.63, 3.8) is 0 Å². The van der Waals surface area contributed by atoms with Gasteiger partial charge in [-0.25, -0.2) is 9.37 Å². The van der Waals surface area contributed by atoms with Crippen molar-refractivity contribution in [3.8, 4) is 22.5 Å². The first-order valence-corrected chi connectivity index (χ1v) is 9.34. The van der Waals surface area contributed by atoms with Crippen LogP contribution in [0.5, 0.6) is 0 Å². The number of benzene rings is 1. The van der Waals surface area contributed by atoms with Gasteiger partial charge in [0, 0.05) is 36.1 Å². The molecule has 5 nitrogen and oxygen atoms in total. The number of nitrogens with zero attached hydrogens (tertiary/aromatic N) is 3. The molecule has 1 aliphatic rings. The van der Waals surface area contributed by atoms with Crippen LogP contribution in [0.2, 0.25) is 0 Å². The Balaban J connectivity index is 1.46. The van der Waals surface area contributed by atoms with E-state index < -0.39 is 0 Å². The molecule has 6 heteroatoms. The van der Waals surface area contributed by atoms with E-state index in [2.05, 4.69) is 25.9 Å². The first kappa shape index (κ1) is 17.8. The number of pyridine rings is 1. The molecule has 3 aromatic rings. The van der Waals surface area contributed by atoms with Crippen molar-refractivity contribution in [2.75, 3.05) is 32.8 Å². The molecule has 27 heavy (non-hydrogen) atoms. The average Bonchev–Trinajstić information content (AvgIpc) is 3.20. The minimum absolute atomic E-state index is 0.244. The Morgan fingerprint density at radius 1 is 1.04 bits per heavy atom. The van der Waals surface area contributed by atoms with Crippen LogP contribution in [-0.4, -0.2) is 52.7 Å². The van der Waals surface area contributed by atoms with E-state index in [0.717, 1.165) is 73.9 Å². The summed E-state index contributed by atoms with van der Waals surface area (Å²) in [6, 6.07) is 10.5. The number of aryl methyl sites for hydroxylation is 1. The highest BCUT2D eigenvalue weighted by Gasteiger charge is 2.13. The third kappa shape index (κ3) is 4.40. The Hall–Kier alpha value is -2.57. The Labute approximate surface area is 158 Å². The minimum Gasteiger partial charge on any atom is -0.379 e. The molecule has 0 unspecified atom stereocenters. The van der Waals surface area contributed by atoms with Gasteiger partial charge in [-0.2, -0.15) is 0 Å². The molecule has 1 saturated heterocycles. The molecule has 1 fully saturated rings. The van der Waals surface area contributed by atoms with Gasteiger partial charge in [0.1, 0.15) is 5.82 Å². The van der Waals surface area contributed by atoms with Crippen molar-refractivity contribution in [2.24, 2.45) is 0 Å². The topological polar surface area (TPSA) is 54.0 Å². The standard InChI is InChI=1S/C21H23FN4O/c22-18-5-3-16(4-6-18)20-21(25-15-24-20)17-7-8-23-19(14-17)2-1-9-26-10-12-27-13-11-26/h3-8,14-15H,1-2,9-13H2,(H,24,25). The number of aromatic amines is 1. The average molecular weight is 366 g/mol. The molecule has 0 radical (unpaired) electrons. The van der Waals surface area contributed by atoms with E-state index >= 15 is 0 Å². The largest absolute Gasteiger partial charge is 0.379 e. The summed E-state index contributed by atoms with van der Waals surface area (Å²) < 4.78 is 18.6. The van der Waals surface area contributed by atoms with Crippen LogP contribution in [0.3, 0.4) is 0 Å². The number of ether oxygens (including phenoxy) is 1. The Morgan fingerprint density at radius 2 is 1.85 bits per heavy atom. The highest BCUT2D eigenvalue weighted by Crippen LogP contribution is 2.29. The number of morpholine rings is 1. The normalized spacial score (nSPS) is 15.1. The summed E-state index contributed by atoms with van der Waals surface area (Å²) in [7, 11) is 0. The summed E-state index contributed by atoms with van der Waals surface area (Å²) in [6.07, 6.45) is 5.51. The highest BCUT2D eigenvalue weighted by molar-refractivity contribution is 5.77. The van der Waals surface area contributed by atoms with E-state index in [0.29, 0.717) is 0 Å². The maximum absolute atomic E-state index is 13.2. The highest BCUT2D eigenvalue weighted by atomic mass is 19.1. The molecule has 0 saturated carbocycles. The Morgan fingerprint density at radius 3 is 2.67 bits per heavy atom. The third-order valence-electron chi connectivity index (χ3n) is 4.87. The predicted octanol–water partition coefficient (Wildman–Crippen LogP) is 3.54. The molecule has 1 aliphatic heterocycles. The number of nitrogens with one attached hydrogen (secondary N) is 1. The van der Waals surface area contributed by atoms with Gasteiger partial charge in [-0.1, -0.05) is 0 Å². The molecule has 1 aromatic carbocycles. The van der Waals surface area contributed by atoms with Crippen molar-refractivity contribution in [1.29, 1.82) is 0 Å². The number of H-pyrrole nitrogens is 1. The molecule has 0 atom stereocenters. The monoisotopic (exact) mass is 366 g/mol. The molecular formula is C21H23FN4O. The zero-order chi connectivity index (χ0) is 18.5. The lowest BCUT2D eigenvalue weighted by Gasteiger charge is -2.26. The van der Waals surface area contributed by atoms with Crippen LogP contribution >= 0.6 is 0 Å². The molecule has 0 amide bonds. The van der Waals surface area contributed by atoms with Gasteiger partial charge < -0.3 is 9.72 Å². The van der Waals surface area contributed by atoms with E-state index in [-0.39, 0.29) is 5.82 Å². The first-order chi connectivity index (χ1) is 13.3. The van der Waals surface area contributed by atoms with Crippen LogP contribution in [0.1, 0.15) is 12.1 Å². The molecule has 0 aliphatic carbocycles. The zero-order valence-corrected chi connectivity index (χ0v) is 15.2. The van der Waals surface area contributed by atoms with Crippen LogP contribution in [0, 0.1) is 5.82 Å². The van der Waals surface area contributed by atoms with E-state index in [1.54, 1.807) is 18.5 Å². The van der Waals surface area contributed by atoms with Gasteiger partial charge in [0.05, 0.1) is 30.9 Å². The van der Waals surface area contributed by atoms with Crippen molar-refractivity contribution < 1.29 is 9.13 Å². The Bertz CT molecular complexity index is 872. The number of hydrogen-bond acceptors (Lipinski definition) is 4. The van der Waals surface area contributed by atoms with Crippen LogP contribution in [0.25, 0.3) is 22.5 Å². The summed E-state index contributed by atoms with van der Waals surface area (Å²) in [6.45, 7) is 4.76. The molecule has 0 spiro atoms. The molecule has 2 aromatic heterocycles. The summed E-state index contributed by atoms with van der Waals surface area (Å²) in [4.78, 5) is 14.6. The lowest BCUT2D eigenvalue weighted by molar-refractivity contribution is 0.0374. The van der Waals surface area contributed by atoms with Crippen molar-refractivity contribution in [3.05, 3.63) is 60.4 Å². The van der Waals surface area contributed by atoms with Crippen LogP contribution in [0.4, 0.5) is 4.39 Å². The van der Waals surface area contributed by atoms with E-state index in [1.807, 2.05) is 12.3 Å². The van der Waals surface area contributed by atoms with Gasteiger partial charge in [0.25, 0.3) is 0 Å². The second-order valence-electron chi connectivity index (χ2n) is 6.73. The smallest absolute Gasteiger partial charge is 0.123 e. The molecule has 4 rings (SSSR count). The van der Waals surface area contributed by atoms with Crippen LogP contribution in [0.15, 0.2) is 48.9 Å². The fourth-order valence-corrected chi connectivity index (χ4v) is 3.42. The first-order valence-electron chi connectivity index (χ1n) is 9.34. The third-order valence-corrected chi connectivity index (χ3v) is 4.87. The quantitative estimate of drug-likeness (QED) is 0.725. The lowest BCUT2D eigenvalue weighted by Crippen LogP contribution is -2.36. The van der Waals surface area contributed by atoms with Gasteiger partial charge in [-0.05, 0) is 55.8 Å². The van der Waals surface area contributed by atoms with Crippen LogP contribution < -0.4 is 0 Å². The van der Waals surface area contributed by atoms with E-state index in [9.17, 15) is 4.39 Å². The molecule has 3 heterocycles. The van der Waals surface area contributed by atoms with Gasteiger partial charge in [0.15, 0.2) is 0 Å². The number of imidazole rings is 1. The maximum Gasteiger partial charge on any atom is 0.123 e. The summed E-state index contributed by atoms with van der Waals surface area (Å²) in [5, 5.41) is 0. The fraction of sp³-hybridized carbons (Fsp3) is 0.333. The molecule has 0 bridgehead atoms. The van der Waals surface area contributed by atoms with E-state index in [1.165, 1.54) is 12.1 Å². The summed E-state index contributed by atoms with van der Waals surface area (Å²) in [5.41, 5.74) is 4.74. The molecule has 1 N–H and O–H groups in total. The van der Waals surface area contributed by atoms with Gasteiger partial charge in [-0.15, -0.1) is 0 Å². The zero-order valence-electron chi connectivity index (χ0n) is 15.2. The van der Waals surface area contributed by atoms with Crippen molar-refractivity contribution in [2.45, 2.75) is 12.8 Å².